The van der Waals surface area contributed by atoms with Gasteiger partial charge in [-0.3, -0.25) is 4.79 Å². The Morgan fingerprint density at radius 2 is 2.10 bits per heavy atom. The van der Waals surface area contributed by atoms with Gasteiger partial charge in [0.25, 0.3) is 11.4 Å². The number of fused-ring (bicyclic) bond motifs is 1. The van der Waals surface area contributed by atoms with Gasteiger partial charge in [-0.25, -0.2) is 0 Å². The van der Waals surface area contributed by atoms with Crippen molar-refractivity contribution < 1.29 is 4.52 Å². The first kappa shape index (κ1) is 12.3. The third-order valence-corrected chi connectivity index (χ3v) is 4.10. The largest absolute Gasteiger partial charge is 0.334 e. The van der Waals surface area contributed by atoms with Gasteiger partial charge in [-0.05, 0) is 36.8 Å². The highest BCUT2D eigenvalue weighted by Crippen LogP contribution is 2.37. The second-order valence-electron chi connectivity index (χ2n) is 5.53. The molecule has 0 bridgehead atoms. The van der Waals surface area contributed by atoms with Crippen LogP contribution in [-0.2, 0) is 5.54 Å². The minimum absolute atomic E-state index is 0.216. The second-order valence-corrected chi connectivity index (χ2v) is 5.53. The third kappa shape index (κ3) is 1.87. The molecule has 1 aromatic carbocycles. The molecule has 0 aliphatic heterocycles. The molecule has 0 saturated heterocycles. The van der Waals surface area contributed by atoms with Gasteiger partial charge in [0.15, 0.2) is 5.82 Å². The number of aromatic nitrogens is 3. The zero-order valence-corrected chi connectivity index (χ0v) is 11.3. The number of pyridine rings is 1. The number of nitrogens with zero attached hydrogens (tertiary/aromatic N) is 2. The van der Waals surface area contributed by atoms with E-state index in [4.69, 9.17) is 10.3 Å². The van der Waals surface area contributed by atoms with Crippen LogP contribution < -0.4 is 11.3 Å². The van der Waals surface area contributed by atoms with Crippen LogP contribution in [0.3, 0.4) is 0 Å². The van der Waals surface area contributed by atoms with Gasteiger partial charge >= 0.3 is 0 Å². The van der Waals surface area contributed by atoms with E-state index in [-0.39, 0.29) is 11.4 Å². The molecule has 0 unspecified atom stereocenters. The molecule has 106 valence electrons. The number of H-pyrrole nitrogens is 1. The monoisotopic (exact) mass is 282 g/mol. The minimum Gasteiger partial charge on any atom is -0.334 e. The molecule has 0 radical (unpaired) electrons. The summed E-state index contributed by atoms with van der Waals surface area (Å²) in [6.45, 7) is 0. The first-order valence-corrected chi connectivity index (χ1v) is 6.91. The minimum atomic E-state index is -0.495. The molecule has 4 rings (SSSR count). The summed E-state index contributed by atoms with van der Waals surface area (Å²) in [5.41, 5.74) is 6.58. The van der Waals surface area contributed by atoms with Crippen molar-refractivity contribution in [2.75, 3.05) is 0 Å². The van der Waals surface area contributed by atoms with Gasteiger partial charge in [0, 0.05) is 5.52 Å². The van der Waals surface area contributed by atoms with Crippen molar-refractivity contribution in [2.24, 2.45) is 5.73 Å². The van der Waals surface area contributed by atoms with Crippen molar-refractivity contribution >= 4 is 10.9 Å². The fraction of sp³-hybridized carbons (Fsp3) is 0.267. The fourth-order valence-corrected chi connectivity index (χ4v) is 2.62. The molecule has 6 nitrogen and oxygen atoms in total. The lowest BCUT2D eigenvalue weighted by molar-refractivity contribution is 0.229. The summed E-state index contributed by atoms with van der Waals surface area (Å²) in [5, 5.41) is 4.86. The predicted octanol–water partition coefficient (Wildman–Crippen LogP) is 1.92. The highest BCUT2D eigenvalue weighted by atomic mass is 16.5. The molecular weight excluding hydrogens is 268 g/mol. The highest BCUT2D eigenvalue weighted by Gasteiger charge is 2.39. The molecule has 6 heteroatoms. The number of rotatable bonds is 2. The van der Waals surface area contributed by atoms with Crippen LogP contribution in [0.1, 0.15) is 25.1 Å². The van der Waals surface area contributed by atoms with Gasteiger partial charge in [0.05, 0.1) is 5.54 Å². The van der Waals surface area contributed by atoms with Crippen molar-refractivity contribution in [3.63, 3.8) is 0 Å². The molecule has 2 aromatic heterocycles. The summed E-state index contributed by atoms with van der Waals surface area (Å²) in [6, 6.07) is 9.31. The molecule has 2 heterocycles. The van der Waals surface area contributed by atoms with E-state index in [9.17, 15) is 4.79 Å². The Bertz CT molecular complexity index is 877. The van der Waals surface area contributed by atoms with Crippen molar-refractivity contribution in [1.29, 1.82) is 0 Å². The molecule has 21 heavy (non-hydrogen) atoms. The van der Waals surface area contributed by atoms with Gasteiger partial charge in [-0.1, -0.05) is 23.4 Å². The number of aromatic amines is 1. The Kier molecular flexibility index (Phi) is 2.49. The maximum atomic E-state index is 12.2. The maximum Gasteiger partial charge on any atom is 0.263 e. The zero-order chi connectivity index (χ0) is 14.4. The smallest absolute Gasteiger partial charge is 0.263 e. The Labute approximate surface area is 120 Å². The van der Waals surface area contributed by atoms with Gasteiger partial charge in [0.1, 0.15) is 5.56 Å². The number of hydrogen-bond acceptors (Lipinski definition) is 5. The number of nitrogens with one attached hydrogen (secondary N) is 1. The normalized spacial score (nSPS) is 16.8. The average molecular weight is 282 g/mol. The summed E-state index contributed by atoms with van der Waals surface area (Å²) in [6.07, 6.45) is 2.76. The Morgan fingerprint density at radius 1 is 1.29 bits per heavy atom. The van der Waals surface area contributed by atoms with Crippen LogP contribution in [0.15, 0.2) is 39.6 Å². The van der Waals surface area contributed by atoms with Crippen molar-refractivity contribution in [3.8, 4) is 11.5 Å². The first-order chi connectivity index (χ1) is 10.2. The number of benzene rings is 1. The zero-order valence-electron chi connectivity index (χ0n) is 11.3. The molecule has 1 aliphatic rings. The van der Waals surface area contributed by atoms with Crippen LogP contribution in [0.5, 0.6) is 0 Å². The lowest BCUT2D eigenvalue weighted by atomic mass is 9.77. The van der Waals surface area contributed by atoms with E-state index in [1.54, 1.807) is 6.07 Å². The van der Waals surface area contributed by atoms with E-state index >= 15 is 0 Å². The molecule has 0 amide bonds. The lowest BCUT2D eigenvalue weighted by Crippen LogP contribution is -2.44. The van der Waals surface area contributed by atoms with E-state index < -0.39 is 5.54 Å². The molecule has 3 aromatic rings. The quantitative estimate of drug-likeness (QED) is 0.748. The van der Waals surface area contributed by atoms with Crippen LogP contribution in [0.4, 0.5) is 0 Å². The number of nitrogens with two attached hydrogens (primary N) is 1. The molecule has 3 N–H and O–H groups in total. The summed E-state index contributed by atoms with van der Waals surface area (Å²) < 4.78 is 5.24. The van der Waals surface area contributed by atoms with Gasteiger partial charge < -0.3 is 15.2 Å². The van der Waals surface area contributed by atoms with Gasteiger partial charge in [-0.2, -0.15) is 4.98 Å². The summed E-state index contributed by atoms with van der Waals surface area (Å²) >= 11 is 0. The van der Waals surface area contributed by atoms with Crippen LogP contribution in [-0.4, -0.2) is 15.1 Å². The topological polar surface area (TPSA) is 97.8 Å². The SMILES string of the molecule is NC1(c2noc(-c3cc4ccccc4[nH]c3=O)n2)CCC1. The van der Waals surface area contributed by atoms with Crippen LogP contribution in [0.2, 0.25) is 0 Å². The molecule has 0 spiro atoms. The molecule has 0 atom stereocenters. The molecule has 1 saturated carbocycles. The number of hydrogen-bond donors (Lipinski definition) is 2. The molecular formula is C15H14N4O2. The first-order valence-electron chi connectivity index (χ1n) is 6.91. The summed E-state index contributed by atoms with van der Waals surface area (Å²) in [4.78, 5) is 19.3. The standard InChI is InChI=1S/C15H14N4O2/c16-15(6-3-7-15)14-18-13(21-19-14)10-8-9-4-1-2-5-11(9)17-12(10)20/h1-2,4-5,8H,3,6-7,16H2,(H,17,20). The van der Waals surface area contributed by atoms with Crippen molar-refractivity contribution in [1.82, 2.24) is 15.1 Å². The Hall–Kier alpha value is -2.47. The van der Waals surface area contributed by atoms with Crippen molar-refractivity contribution in [3.05, 3.63) is 46.5 Å². The Balaban J connectivity index is 1.83. The van der Waals surface area contributed by atoms with Crippen LogP contribution >= 0.6 is 0 Å². The number of para-hydroxylation sites is 1. The van der Waals surface area contributed by atoms with Gasteiger partial charge in [0.2, 0.25) is 0 Å². The summed E-state index contributed by atoms with van der Waals surface area (Å²) in [5.74, 6) is 0.699. The second kappa shape index (κ2) is 4.26. The van der Waals surface area contributed by atoms with E-state index in [1.807, 2.05) is 24.3 Å². The third-order valence-electron chi connectivity index (χ3n) is 4.10. The van der Waals surface area contributed by atoms with Crippen LogP contribution in [0.25, 0.3) is 22.4 Å². The molecule has 1 aliphatic carbocycles. The predicted molar refractivity (Wildman–Crippen MR) is 77.6 cm³/mol. The van der Waals surface area contributed by atoms with E-state index in [0.717, 1.165) is 30.2 Å². The van der Waals surface area contributed by atoms with Crippen LogP contribution in [0, 0.1) is 0 Å². The summed E-state index contributed by atoms with van der Waals surface area (Å²) in [7, 11) is 0. The maximum absolute atomic E-state index is 12.2. The van der Waals surface area contributed by atoms with E-state index in [0.29, 0.717) is 11.4 Å². The van der Waals surface area contributed by atoms with E-state index in [2.05, 4.69) is 15.1 Å². The fourth-order valence-electron chi connectivity index (χ4n) is 2.62. The average Bonchev–Trinajstić information content (AvgIpc) is 2.94. The van der Waals surface area contributed by atoms with E-state index in [1.165, 1.54) is 0 Å². The molecule has 1 fully saturated rings. The Morgan fingerprint density at radius 3 is 2.86 bits per heavy atom. The van der Waals surface area contributed by atoms with Gasteiger partial charge in [-0.15, -0.1) is 0 Å². The highest BCUT2D eigenvalue weighted by molar-refractivity contribution is 5.81. The van der Waals surface area contributed by atoms with Crippen molar-refractivity contribution in [2.45, 2.75) is 24.8 Å². The lowest BCUT2D eigenvalue weighted by Gasteiger charge is -2.34.